The van der Waals surface area contributed by atoms with E-state index in [0.29, 0.717) is 12.4 Å². The van der Waals surface area contributed by atoms with Crippen LogP contribution in [-0.2, 0) is 16.1 Å². The van der Waals surface area contributed by atoms with E-state index in [2.05, 4.69) is 4.98 Å². The maximum Gasteiger partial charge on any atom is 0.326 e. The van der Waals surface area contributed by atoms with Crippen molar-refractivity contribution >= 4 is 28.6 Å². The van der Waals surface area contributed by atoms with Crippen molar-refractivity contribution in [1.82, 2.24) is 9.55 Å². The van der Waals surface area contributed by atoms with Crippen molar-refractivity contribution in [3.05, 3.63) is 29.6 Å². The number of nitrogens with zero attached hydrogens (tertiary/aromatic N) is 2. The Morgan fingerprint density at radius 2 is 2.26 bits per heavy atom. The first-order chi connectivity index (χ1) is 9.04. The maximum absolute atomic E-state index is 11.7. The van der Waals surface area contributed by atoms with Crippen LogP contribution in [0.15, 0.2) is 18.2 Å². The van der Waals surface area contributed by atoms with Gasteiger partial charge in [0, 0.05) is 0 Å². The number of carbonyl (C=O) groups excluding carboxylic acids is 1. The molecule has 0 radical (unpaired) electrons. The Bertz CT molecular complexity index is 605. The third-order valence-electron chi connectivity index (χ3n) is 2.96. The third kappa shape index (κ3) is 2.73. The van der Waals surface area contributed by atoms with Gasteiger partial charge in [-0.25, -0.2) is 4.98 Å². The summed E-state index contributed by atoms with van der Waals surface area (Å²) in [5, 5.41) is -0.263. The molecule has 1 atom stereocenters. The van der Waals surface area contributed by atoms with Gasteiger partial charge in [0.1, 0.15) is 12.4 Å². The molecule has 0 saturated carbocycles. The number of carbonyl (C=O) groups is 1. The summed E-state index contributed by atoms with van der Waals surface area (Å²) in [4.78, 5) is 16.2. The van der Waals surface area contributed by atoms with Crippen molar-refractivity contribution in [2.24, 2.45) is 0 Å². The predicted molar refractivity (Wildman–Crippen MR) is 75.4 cm³/mol. The van der Waals surface area contributed by atoms with Gasteiger partial charge in [0.2, 0.25) is 0 Å². The zero-order valence-corrected chi connectivity index (χ0v) is 12.1. The number of benzene rings is 1. The van der Waals surface area contributed by atoms with Gasteiger partial charge in [0.05, 0.1) is 23.0 Å². The molecule has 1 aromatic heterocycles. The van der Waals surface area contributed by atoms with E-state index in [1.807, 2.05) is 36.6 Å². The molecule has 0 fully saturated rings. The van der Waals surface area contributed by atoms with Gasteiger partial charge in [-0.05, 0) is 32.4 Å². The largest absolute Gasteiger partial charge is 0.465 e. The molecule has 102 valence electrons. The van der Waals surface area contributed by atoms with Crippen LogP contribution in [0, 0.1) is 6.92 Å². The monoisotopic (exact) mass is 280 g/mol. The number of esters is 1. The quantitative estimate of drug-likeness (QED) is 0.638. The van der Waals surface area contributed by atoms with Gasteiger partial charge in [-0.15, -0.1) is 11.6 Å². The molecule has 2 rings (SSSR count). The van der Waals surface area contributed by atoms with Gasteiger partial charge in [-0.1, -0.05) is 12.1 Å². The molecule has 0 aliphatic heterocycles. The standard InChI is InChI=1S/C14H17ClN2O2/c1-4-19-12(18)8-17-11-7-5-6-9(2)13(11)16-14(17)10(3)15/h5-7,10H,4,8H2,1-3H3. The van der Waals surface area contributed by atoms with Crippen LogP contribution in [0.4, 0.5) is 0 Å². The van der Waals surface area contributed by atoms with Crippen LogP contribution in [0.1, 0.15) is 30.6 Å². The molecule has 0 saturated heterocycles. The Kier molecular flexibility index (Phi) is 4.10. The summed E-state index contributed by atoms with van der Waals surface area (Å²) < 4.78 is 6.83. The van der Waals surface area contributed by atoms with Gasteiger partial charge in [0.25, 0.3) is 0 Å². The summed E-state index contributed by atoms with van der Waals surface area (Å²) in [5.41, 5.74) is 2.86. The topological polar surface area (TPSA) is 44.1 Å². The Morgan fingerprint density at radius 1 is 1.53 bits per heavy atom. The average Bonchev–Trinajstić information content (AvgIpc) is 2.70. The van der Waals surface area contributed by atoms with Crippen molar-refractivity contribution in [1.29, 1.82) is 0 Å². The predicted octanol–water partition coefficient (Wildman–Crippen LogP) is 3.21. The second kappa shape index (κ2) is 5.61. The highest BCUT2D eigenvalue weighted by Gasteiger charge is 2.18. The van der Waals surface area contributed by atoms with Crippen LogP contribution < -0.4 is 0 Å². The first-order valence-corrected chi connectivity index (χ1v) is 6.73. The lowest BCUT2D eigenvalue weighted by atomic mass is 10.2. The fourth-order valence-electron chi connectivity index (χ4n) is 2.11. The number of fused-ring (bicyclic) bond motifs is 1. The normalized spacial score (nSPS) is 12.6. The summed E-state index contributed by atoms with van der Waals surface area (Å²) in [6.45, 7) is 6.14. The molecule has 0 bridgehead atoms. The van der Waals surface area contributed by atoms with Crippen LogP contribution in [0.5, 0.6) is 0 Å². The van der Waals surface area contributed by atoms with E-state index in [0.717, 1.165) is 16.6 Å². The SMILES string of the molecule is CCOC(=O)Cn1c(C(C)Cl)nc2c(C)cccc21. The van der Waals surface area contributed by atoms with Crippen LogP contribution in [0.2, 0.25) is 0 Å². The number of rotatable bonds is 4. The highest BCUT2D eigenvalue weighted by atomic mass is 35.5. The Hall–Kier alpha value is -1.55. The molecular weight excluding hydrogens is 264 g/mol. The molecule has 2 aromatic rings. The molecule has 5 heteroatoms. The molecule has 0 aliphatic rings. The molecule has 1 unspecified atom stereocenters. The van der Waals surface area contributed by atoms with E-state index < -0.39 is 0 Å². The summed E-state index contributed by atoms with van der Waals surface area (Å²) in [7, 11) is 0. The molecule has 0 N–H and O–H groups in total. The first kappa shape index (κ1) is 13.9. The van der Waals surface area contributed by atoms with Gasteiger partial charge in [-0.3, -0.25) is 4.79 Å². The second-order valence-corrected chi connectivity index (χ2v) is 5.07. The Morgan fingerprint density at radius 3 is 2.89 bits per heavy atom. The number of imidazole rings is 1. The molecule has 1 heterocycles. The zero-order chi connectivity index (χ0) is 14.0. The van der Waals surface area contributed by atoms with Gasteiger partial charge in [0.15, 0.2) is 0 Å². The van der Waals surface area contributed by atoms with Crippen LogP contribution in [-0.4, -0.2) is 22.1 Å². The lowest BCUT2D eigenvalue weighted by Gasteiger charge is -2.09. The van der Waals surface area contributed by atoms with Crippen molar-refractivity contribution in [3.63, 3.8) is 0 Å². The fraction of sp³-hybridized carbons (Fsp3) is 0.429. The summed E-state index contributed by atoms with van der Waals surface area (Å²) in [6, 6.07) is 5.88. The summed E-state index contributed by atoms with van der Waals surface area (Å²) in [6.07, 6.45) is 0. The highest BCUT2D eigenvalue weighted by molar-refractivity contribution is 6.20. The van der Waals surface area contributed by atoms with Gasteiger partial charge < -0.3 is 9.30 Å². The van der Waals surface area contributed by atoms with Crippen molar-refractivity contribution < 1.29 is 9.53 Å². The molecule has 0 spiro atoms. The highest BCUT2D eigenvalue weighted by Crippen LogP contribution is 2.26. The first-order valence-electron chi connectivity index (χ1n) is 6.30. The molecule has 0 aliphatic carbocycles. The molecule has 0 amide bonds. The number of aryl methyl sites for hydroxylation is 1. The minimum atomic E-state index is -0.276. The van der Waals surface area contributed by atoms with Gasteiger partial charge >= 0.3 is 5.97 Å². The smallest absolute Gasteiger partial charge is 0.326 e. The van der Waals surface area contributed by atoms with Crippen molar-refractivity contribution in [2.75, 3.05) is 6.61 Å². The Labute approximate surface area is 117 Å². The second-order valence-electron chi connectivity index (χ2n) is 4.42. The molecular formula is C14H17ClN2O2. The van der Waals surface area contributed by atoms with E-state index >= 15 is 0 Å². The number of hydrogen-bond acceptors (Lipinski definition) is 3. The van der Waals surface area contributed by atoms with Crippen LogP contribution in [0.25, 0.3) is 11.0 Å². The number of para-hydroxylation sites is 1. The van der Waals surface area contributed by atoms with E-state index in [-0.39, 0.29) is 17.9 Å². The molecule has 4 nitrogen and oxygen atoms in total. The fourth-order valence-corrected chi connectivity index (χ4v) is 2.28. The minimum absolute atomic E-state index is 0.139. The third-order valence-corrected chi connectivity index (χ3v) is 3.15. The maximum atomic E-state index is 11.7. The number of alkyl halides is 1. The Balaban J connectivity index is 2.52. The lowest BCUT2D eigenvalue weighted by Crippen LogP contribution is -2.15. The minimum Gasteiger partial charge on any atom is -0.465 e. The number of aromatic nitrogens is 2. The lowest BCUT2D eigenvalue weighted by molar-refractivity contribution is -0.143. The van der Waals surface area contributed by atoms with Crippen LogP contribution >= 0.6 is 11.6 Å². The molecule has 1 aromatic carbocycles. The number of ether oxygens (including phenoxy) is 1. The van der Waals surface area contributed by atoms with E-state index in [1.165, 1.54) is 0 Å². The van der Waals surface area contributed by atoms with Gasteiger partial charge in [-0.2, -0.15) is 0 Å². The van der Waals surface area contributed by atoms with E-state index in [9.17, 15) is 4.79 Å². The number of hydrogen-bond donors (Lipinski definition) is 0. The average molecular weight is 281 g/mol. The molecule has 19 heavy (non-hydrogen) atoms. The van der Waals surface area contributed by atoms with Crippen LogP contribution in [0.3, 0.4) is 0 Å². The van der Waals surface area contributed by atoms with E-state index in [4.69, 9.17) is 16.3 Å². The zero-order valence-electron chi connectivity index (χ0n) is 11.3. The van der Waals surface area contributed by atoms with Crippen molar-refractivity contribution in [3.8, 4) is 0 Å². The summed E-state index contributed by atoms with van der Waals surface area (Å²) in [5.74, 6) is 0.417. The number of halogens is 1. The van der Waals surface area contributed by atoms with E-state index in [1.54, 1.807) is 6.92 Å². The van der Waals surface area contributed by atoms with Crippen molar-refractivity contribution in [2.45, 2.75) is 32.7 Å². The summed E-state index contributed by atoms with van der Waals surface area (Å²) >= 11 is 6.16.